The molecule has 3 aromatic rings. The fourth-order valence-corrected chi connectivity index (χ4v) is 4.99. The quantitative estimate of drug-likeness (QED) is 0.767. The van der Waals surface area contributed by atoms with E-state index in [2.05, 4.69) is 15.0 Å². The van der Waals surface area contributed by atoms with E-state index >= 15 is 0 Å². The highest BCUT2D eigenvalue weighted by molar-refractivity contribution is 7.91. The van der Waals surface area contributed by atoms with Crippen molar-refractivity contribution in [3.63, 3.8) is 0 Å². The molecule has 1 aromatic carbocycles. The molecule has 0 radical (unpaired) electrons. The minimum atomic E-state index is -3.85. The first-order valence-corrected chi connectivity index (χ1v) is 9.88. The number of nitrogens with zero attached hydrogens (tertiary/aromatic N) is 2. The van der Waals surface area contributed by atoms with Gasteiger partial charge in [-0.1, -0.05) is 25.3 Å². The number of nitrogens with one attached hydrogen (secondary N) is 1. The van der Waals surface area contributed by atoms with Gasteiger partial charge in [-0.2, -0.15) is 0 Å². The zero-order valence-corrected chi connectivity index (χ0v) is 14.4. The second-order valence-electron chi connectivity index (χ2n) is 6.43. The fourth-order valence-electron chi connectivity index (χ4n) is 3.59. The lowest BCUT2D eigenvalue weighted by Gasteiger charge is -2.21. The minimum Gasteiger partial charge on any atom is -0.357 e. The first kappa shape index (κ1) is 16.2. The van der Waals surface area contributed by atoms with Gasteiger partial charge in [-0.25, -0.2) is 22.8 Å². The van der Waals surface area contributed by atoms with Gasteiger partial charge in [-0.05, 0) is 31.0 Å². The summed E-state index contributed by atoms with van der Waals surface area (Å²) in [6.07, 6.45) is 8.51. The second kappa shape index (κ2) is 6.22. The number of hydrogen-bond acceptors (Lipinski definition) is 4. The summed E-state index contributed by atoms with van der Waals surface area (Å²) in [4.78, 5) is 11.6. The molecule has 1 fully saturated rings. The molecule has 0 bridgehead atoms. The van der Waals surface area contributed by atoms with Gasteiger partial charge in [-0.3, -0.25) is 0 Å². The number of benzene rings is 1. The van der Waals surface area contributed by atoms with Gasteiger partial charge in [0.2, 0.25) is 9.84 Å². The van der Waals surface area contributed by atoms with Gasteiger partial charge in [-0.15, -0.1) is 0 Å². The van der Waals surface area contributed by atoms with E-state index in [1.165, 1.54) is 37.1 Å². The van der Waals surface area contributed by atoms with Crippen molar-refractivity contribution in [2.45, 2.75) is 47.8 Å². The zero-order valence-electron chi connectivity index (χ0n) is 13.6. The summed E-state index contributed by atoms with van der Waals surface area (Å²) in [6, 6.07) is 5.02. The third kappa shape index (κ3) is 2.82. The van der Waals surface area contributed by atoms with Crippen LogP contribution in [0.3, 0.4) is 0 Å². The molecular formula is C18H18FN3O2S. The lowest BCUT2D eigenvalue weighted by molar-refractivity contribution is 0.438. The van der Waals surface area contributed by atoms with Gasteiger partial charge in [0.15, 0.2) is 0 Å². The van der Waals surface area contributed by atoms with Crippen molar-refractivity contribution in [3.05, 3.63) is 48.3 Å². The zero-order chi connectivity index (χ0) is 17.4. The number of fused-ring (bicyclic) bond motifs is 1. The molecule has 0 unspecified atom stereocenters. The van der Waals surface area contributed by atoms with Crippen LogP contribution in [0.1, 0.15) is 43.7 Å². The Balaban J connectivity index is 1.84. The van der Waals surface area contributed by atoms with E-state index in [4.69, 9.17) is 0 Å². The Labute approximate surface area is 145 Å². The van der Waals surface area contributed by atoms with Crippen LogP contribution < -0.4 is 0 Å². The molecule has 0 amide bonds. The highest BCUT2D eigenvalue weighted by Crippen LogP contribution is 2.36. The number of halogens is 1. The Morgan fingerprint density at radius 1 is 1.12 bits per heavy atom. The van der Waals surface area contributed by atoms with Gasteiger partial charge in [0, 0.05) is 12.1 Å². The molecule has 0 saturated heterocycles. The van der Waals surface area contributed by atoms with Crippen LogP contribution in [0.5, 0.6) is 0 Å². The van der Waals surface area contributed by atoms with Crippen molar-refractivity contribution in [1.82, 2.24) is 15.0 Å². The molecule has 0 aliphatic heterocycles. The summed E-state index contributed by atoms with van der Waals surface area (Å²) in [7, 11) is -3.85. The van der Waals surface area contributed by atoms with Crippen molar-refractivity contribution in [1.29, 1.82) is 0 Å². The van der Waals surface area contributed by atoms with Gasteiger partial charge in [0.05, 0.1) is 16.1 Å². The van der Waals surface area contributed by atoms with Crippen LogP contribution in [0.2, 0.25) is 0 Å². The fraction of sp³-hybridized carbons (Fsp3) is 0.333. The topological polar surface area (TPSA) is 75.7 Å². The molecule has 1 aliphatic rings. The van der Waals surface area contributed by atoms with Crippen molar-refractivity contribution in [2.75, 3.05) is 0 Å². The summed E-state index contributed by atoms with van der Waals surface area (Å²) in [5.74, 6) is -0.263. The molecule has 2 aromatic heterocycles. The molecule has 130 valence electrons. The summed E-state index contributed by atoms with van der Waals surface area (Å²) in [5.41, 5.74) is 1.93. The number of rotatable bonds is 3. The molecule has 1 N–H and O–H groups in total. The highest BCUT2D eigenvalue weighted by Gasteiger charge is 2.26. The largest absolute Gasteiger partial charge is 0.357 e. The maximum absolute atomic E-state index is 13.5. The molecular weight excluding hydrogens is 341 g/mol. The Morgan fingerprint density at radius 2 is 1.92 bits per heavy atom. The first-order chi connectivity index (χ1) is 12.1. The number of aromatic nitrogens is 3. The van der Waals surface area contributed by atoms with Crippen LogP contribution in [0.25, 0.3) is 11.0 Å². The SMILES string of the molecule is O=S(=O)(c1cccc(F)c1)c1c[nH]c2c(C3CCCCC3)ncnc12. The van der Waals surface area contributed by atoms with E-state index in [1.54, 1.807) is 0 Å². The van der Waals surface area contributed by atoms with Crippen molar-refractivity contribution in [3.8, 4) is 0 Å². The monoisotopic (exact) mass is 359 g/mol. The van der Waals surface area contributed by atoms with Crippen LogP contribution in [-0.4, -0.2) is 23.4 Å². The average molecular weight is 359 g/mol. The maximum Gasteiger partial charge on any atom is 0.210 e. The highest BCUT2D eigenvalue weighted by atomic mass is 32.2. The molecule has 1 saturated carbocycles. The summed E-state index contributed by atoms with van der Waals surface area (Å²) < 4.78 is 39.3. The first-order valence-electron chi connectivity index (χ1n) is 8.40. The van der Waals surface area contributed by atoms with Crippen molar-refractivity contribution < 1.29 is 12.8 Å². The van der Waals surface area contributed by atoms with E-state index in [1.807, 2.05) is 0 Å². The predicted octanol–water partition coefficient (Wildman–Crippen LogP) is 3.98. The lowest BCUT2D eigenvalue weighted by Crippen LogP contribution is -2.08. The van der Waals surface area contributed by atoms with E-state index in [0.29, 0.717) is 17.0 Å². The summed E-state index contributed by atoms with van der Waals surface area (Å²) in [5, 5.41) is 0. The Hall–Kier alpha value is -2.28. The third-order valence-corrected chi connectivity index (χ3v) is 6.61. The minimum absolute atomic E-state index is 0.0626. The molecule has 4 rings (SSSR count). The Morgan fingerprint density at radius 3 is 2.68 bits per heavy atom. The summed E-state index contributed by atoms with van der Waals surface area (Å²) in [6.45, 7) is 0. The molecule has 5 nitrogen and oxygen atoms in total. The van der Waals surface area contributed by atoms with Crippen molar-refractivity contribution >= 4 is 20.9 Å². The Bertz CT molecular complexity index is 1020. The van der Waals surface area contributed by atoms with Crippen LogP contribution in [0, 0.1) is 5.82 Å². The van der Waals surface area contributed by atoms with Gasteiger partial charge in [0.25, 0.3) is 0 Å². The van der Waals surface area contributed by atoms with Crippen LogP contribution >= 0.6 is 0 Å². The average Bonchev–Trinajstić information content (AvgIpc) is 3.07. The molecule has 0 spiro atoms. The van der Waals surface area contributed by atoms with Crippen LogP contribution in [0.15, 0.2) is 46.6 Å². The van der Waals surface area contributed by atoms with Crippen molar-refractivity contribution in [2.24, 2.45) is 0 Å². The van der Waals surface area contributed by atoms with E-state index < -0.39 is 15.7 Å². The number of aromatic amines is 1. The normalized spacial score (nSPS) is 16.4. The number of sulfone groups is 1. The molecule has 7 heteroatoms. The predicted molar refractivity (Wildman–Crippen MR) is 91.6 cm³/mol. The van der Waals surface area contributed by atoms with Crippen LogP contribution in [0.4, 0.5) is 4.39 Å². The van der Waals surface area contributed by atoms with Gasteiger partial charge >= 0.3 is 0 Å². The standard InChI is InChI=1S/C18H18FN3O2S/c19-13-7-4-8-14(9-13)25(23,24)15-10-20-18-16(21-11-22-17(15)18)12-5-2-1-3-6-12/h4,7-12,20H,1-3,5-6H2. The third-order valence-electron chi connectivity index (χ3n) is 4.85. The molecule has 0 atom stereocenters. The summed E-state index contributed by atoms with van der Waals surface area (Å²) >= 11 is 0. The van der Waals surface area contributed by atoms with E-state index in [9.17, 15) is 12.8 Å². The number of H-pyrrole nitrogens is 1. The van der Waals surface area contributed by atoms with Crippen LogP contribution in [-0.2, 0) is 9.84 Å². The smallest absolute Gasteiger partial charge is 0.210 e. The second-order valence-corrected chi connectivity index (χ2v) is 8.35. The van der Waals surface area contributed by atoms with Gasteiger partial charge < -0.3 is 4.98 Å². The number of hydrogen-bond donors (Lipinski definition) is 1. The molecule has 2 heterocycles. The maximum atomic E-state index is 13.5. The molecule has 1 aliphatic carbocycles. The van der Waals surface area contributed by atoms with Gasteiger partial charge in [0.1, 0.15) is 22.6 Å². The Kier molecular flexibility index (Phi) is 4.03. The lowest BCUT2D eigenvalue weighted by atomic mass is 9.86. The van der Waals surface area contributed by atoms with E-state index in [0.717, 1.165) is 37.4 Å². The molecule has 25 heavy (non-hydrogen) atoms. The van der Waals surface area contributed by atoms with E-state index in [-0.39, 0.29) is 9.79 Å².